The van der Waals surface area contributed by atoms with E-state index in [2.05, 4.69) is 10.4 Å². The largest absolute Gasteiger partial charge is 0.347 e. The number of hydrogen-bond donors (Lipinski definition) is 0. The molecule has 1 aromatic heterocycles. The van der Waals surface area contributed by atoms with E-state index in [4.69, 9.17) is 9.47 Å². The number of nitrogens with zero attached hydrogens (tertiary/aromatic N) is 2. The number of hydrogen-bond acceptors (Lipinski definition) is 5. The van der Waals surface area contributed by atoms with E-state index in [-0.39, 0.29) is 5.91 Å². The van der Waals surface area contributed by atoms with Crippen molar-refractivity contribution in [3.63, 3.8) is 0 Å². The number of carbonyl (C=O) groups excluding carboxylic acids is 1. The number of likely N-dealkylation sites (tertiary alicyclic amines) is 1. The van der Waals surface area contributed by atoms with Crippen molar-refractivity contribution in [3.8, 4) is 11.3 Å². The van der Waals surface area contributed by atoms with E-state index in [0.717, 1.165) is 34.7 Å². The lowest BCUT2D eigenvalue weighted by Gasteiger charge is -2.37. The molecule has 0 saturated carbocycles. The van der Waals surface area contributed by atoms with Crippen LogP contribution in [0.15, 0.2) is 29.6 Å². The zero-order valence-electron chi connectivity index (χ0n) is 14.4. The van der Waals surface area contributed by atoms with Crippen molar-refractivity contribution in [2.45, 2.75) is 32.0 Å². The Hall–Kier alpha value is -1.76. The van der Waals surface area contributed by atoms with Gasteiger partial charge in [-0.2, -0.15) is 0 Å². The Morgan fingerprint density at radius 1 is 1.20 bits per heavy atom. The van der Waals surface area contributed by atoms with E-state index in [0.29, 0.717) is 32.7 Å². The third kappa shape index (κ3) is 3.61. The summed E-state index contributed by atoms with van der Waals surface area (Å²) in [4.78, 5) is 19.0. The monoisotopic (exact) mass is 358 g/mol. The molecule has 3 heterocycles. The molecule has 132 valence electrons. The number of ether oxygens (including phenoxy) is 2. The van der Waals surface area contributed by atoms with Crippen LogP contribution < -0.4 is 0 Å². The lowest BCUT2D eigenvalue weighted by molar-refractivity contribution is -0.187. The van der Waals surface area contributed by atoms with Crippen molar-refractivity contribution >= 4 is 17.2 Å². The molecule has 6 heteroatoms. The molecule has 2 aliphatic heterocycles. The Kier molecular flexibility index (Phi) is 4.58. The highest BCUT2D eigenvalue weighted by Gasteiger charge is 2.40. The Labute approximate surface area is 151 Å². The highest BCUT2D eigenvalue weighted by Crippen LogP contribution is 2.31. The standard InChI is InChI=1S/C19H22N2O3S/c1-14-20-17(13-25-14)16-4-2-15(3-5-16)12-18(22)21-8-6-19(7-9-21)23-10-11-24-19/h2-5,13H,6-12H2,1H3. The van der Waals surface area contributed by atoms with Crippen LogP contribution in [0.3, 0.4) is 0 Å². The zero-order chi connectivity index (χ0) is 17.3. The van der Waals surface area contributed by atoms with Gasteiger partial charge in [0.15, 0.2) is 5.79 Å². The molecule has 0 bridgehead atoms. The minimum absolute atomic E-state index is 0.171. The van der Waals surface area contributed by atoms with E-state index in [9.17, 15) is 4.79 Å². The molecular weight excluding hydrogens is 336 g/mol. The Morgan fingerprint density at radius 2 is 1.88 bits per heavy atom. The van der Waals surface area contributed by atoms with Crippen molar-refractivity contribution < 1.29 is 14.3 Å². The second-order valence-electron chi connectivity index (χ2n) is 6.61. The summed E-state index contributed by atoms with van der Waals surface area (Å²) >= 11 is 1.65. The van der Waals surface area contributed by atoms with Crippen LogP contribution >= 0.6 is 11.3 Å². The fraction of sp³-hybridized carbons (Fsp3) is 0.474. The highest BCUT2D eigenvalue weighted by atomic mass is 32.1. The quantitative estimate of drug-likeness (QED) is 0.846. The highest BCUT2D eigenvalue weighted by molar-refractivity contribution is 7.09. The molecular formula is C19H22N2O3S. The van der Waals surface area contributed by atoms with Gasteiger partial charge in [0.05, 0.1) is 30.3 Å². The molecule has 5 nitrogen and oxygen atoms in total. The predicted molar refractivity (Wildman–Crippen MR) is 96.4 cm³/mol. The van der Waals surface area contributed by atoms with Crippen molar-refractivity contribution in [2.24, 2.45) is 0 Å². The van der Waals surface area contributed by atoms with Crippen molar-refractivity contribution in [1.29, 1.82) is 0 Å². The SMILES string of the molecule is Cc1nc(-c2ccc(CC(=O)N3CCC4(CC3)OCCO4)cc2)cs1. The molecule has 2 saturated heterocycles. The minimum atomic E-state index is -0.426. The average Bonchev–Trinajstić information content (AvgIpc) is 3.26. The van der Waals surface area contributed by atoms with E-state index in [1.165, 1.54) is 0 Å². The molecule has 2 fully saturated rings. The summed E-state index contributed by atoms with van der Waals surface area (Å²) in [5, 5.41) is 3.12. The second kappa shape index (κ2) is 6.86. The fourth-order valence-corrected chi connectivity index (χ4v) is 4.08. The van der Waals surface area contributed by atoms with Crippen LogP contribution in [0.5, 0.6) is 0 Å². The van der Waals surface area contributed by atoms with E-state index < -0.39 is 5.79 Å². The van der Waals surface area contributed by atoms with Gasteiger partial charge in [0.25, 0.3) is 0 Å². The number of piperidine rings is 1. The predicted octanol–water partition coefficient (Wildman–Crippen LogP) is 3.03. The van der Waals surface area contributed by atoms with Crippen molar-refractivity contribution in [3.05, 3.63) is 40.2 Å². The number of carbonyl (C=O) groups is 1. The number of thiazole rings is 1. The third-order valence-corrected chi connectivity index (χ3v) is 5.69. The molecule has 2 aromatic rings. The van der Waals surface area contributed by atoms with Crippen LogP contribution in [0.2, 0.25) is 0 Å². The third-order valence-electron chi connectivity index (χ3n) is 4.92. The molecule has 0 atom stereocenters. The van der Waals surface area contributed by atoms with Crippen LogP contribution in [0.4, 0.5) is 0 Å². The van der Waals surface area contributed by atoms with Gasteiger partial charge in [-0.05, 0) is 12.5 Å². The Morgan fingerprint density at radius 3 is 2.48 bits per heavy atom. The molecule has 25 heavy (non-hydrogen) atoms. The van der Waals surface area contributed by atoms with Gasteiger partial charge in [0.2, 0.25) is 5.91 Å². The summed E-state index contributed by atoms with van der Waals surface area (Å²) < 4.78 is 11.4. The van der Waals surface area contributed by atoms with Gasteiger partial charge in [-0.15, -0.1) is 11.3 Å². The fourth-order valence-electron chi connectivity index (χ4n) is 3.46. The average molecular weight is 358 g/mol. The molecule has 0 aliphatic carbocycles. The van der Waals surface area contributed by atoms with Gasteiger partial charge in [0, 0.05) is 36.9 Å². The number of aryl methyl sites for hydroxylation is 1. The lowest BCUT2D eigenvalue weighted by atomic mass is 10.0. The number of aromatic nitrogens is 1. The lowest BCUT2D eigenvalue weighted by Crippen LogP contribution is -2.47. The first-order valence-corrected chi connectivity index (χ1v) is 9.59. The Bertz CT molecular complexity index is 740. The first kappa shape index (κ1) is 16.7. The second-order valence-corrected chi connectivity index (χ2v) is 7.68. The summed E-state index contributed by atoms with van der Waals surface area (Å²) in [5.74, 6) is -0.255. The van der Waals surface area contributed by atoms with Crippen LogP contribution in [-0.2, 0) is 20.7 Å². The van der Waals surface area contributed by atoms with Gasteiger partial charge in [-0.3, -0.25) is 4.79 Å². The van der Waals surface area contributed by atoms with E-state index >= 15 is 0 Å². The summed E-state index contributed by atoms with van der Waals surface area (Å²) in [6.45, 7) is 4.74. The Balaban J connectivity index is 1.35. The van der Waals surface area contributed by atoms with Gasteiger partial charge >= 0.3 is 0 Å². The molecule has 0 N–H and O–H groups in total. The maximum absolute atomic E-state index is 12.6. The summed E-state index contributed by atoms with van der Waals surface area (Å²) in [6.07, 6.45) is 1.97. The van der Waals surface area contributed by atoms with Gasteiger partial charge in [0.1, 0.15) is 0 Å². The zero-order valence-corrected chi connectivity index (χ0v) is 15.2. The summed E-state index contributed by atoms with van der Waals surface area (Å²) in [5.41, 5.74) is 3.13. The smallest absolute Gasteiger partial charge is 0.226 e. The maximum Gasteiger partial charge on any atom is 0.226 e. The topological polar surface area (TPSA) is 51.7 Å². The van der Waals surface area contributed by atoms with E-state index in [1.54, 1.807) is 11.3 Å². The van der Waals surface area contributed by atoms with Crippen molar-refractivity contribution in [1.82, 2.24) is 9.88 Å². The van der Waals surface area contributed by atoms with Crippen LogP contribution in [0.25, 0.3) is 11.3 Å². The normalized spacial score (nSPS) is 19.5. The molecule has 1 amide bonds. The van der Waals surface area contributed by atoms with Gasteiger partial charge < -0.3 is 14.4 Å². The van der Waals surface area contributed by atoms with Crippen molar-refractivity contribution in [2.75, 3.05) is 26.3 Å². The molecule has 4 rings (SSSR count). The van der Waals surface area contributed by atoms with Crippen LogP contribution in [0.1, 0.15) is 23.4 Å². The summed E-state index contributed by atoms with van der Waals surface area (Å²) in [6, 6.07) is 8.14. The summed E-state index contributed by atoms with van der Waals surface area (Å²) in [7, 11) is 0. The first-order chi connectivity index (χ1) is 12.1. The van der Waals surface area contributed by atoms with E-state index in [1.807, 2.05) is 36.1 Å². The number of rotatable bonds is 3. The van der Waals surface area contributed by atoms with Crippen LogP contribution in [0, 0.1) is 6.92 Å². The van der Waals surface area contributed by atoms with Crippen LogP contribution in [-0.4, -0.2) is 47.9 Å². The molecule has 1 aromatic carbocycles. The maximum atomic E-state index is 12.6. The number of benzene rings is 1. The molecule has 2 aliphatic rings. The minimum Gasteiger partial charge on any atom is -0.347 e. The van der Waals surface area contributed by atoms with Gasteiger partial charge in [-0.25, -0.2) is 4.98 Å². The molecule has 0 radical (unpaired) electrons. The first-order valence-electron chi connectivity index (χ1n) is 8.71. The molecule has 0 unspecified atom stereocenters. The van der Waals surface area contributed by atoms with Gasteiger partial charge in [-0.1, -0.05) is 24.3 Å². The number of amides is 1. The molecule has 1 spiro atoms.